The topological polar surface area (TPSA) is 41.4 Å². The van der Waals surface area contributed by atoms with Gasteiger partial charge in [0.25, 0.3) is 5.56 Å². The van der Waals surface area contributed by atoms with Crippen LogP contribution in [0.2, 0.25) is 0 Å². The van der Waals surface area contributed by atoms with Gasteiger partial charge >= 0.3 is 0 Å². The van der Waals surface area contributed by atoms with E-state index in [9.17, 15) is 4.79 Å². The quantitative estimate of drug-likeness (QED) is 0.801. The number of thiophene rings is 1. The van der Waals surface area contributed by atoms with Crippen LogP contribution in [0.15, 0.2) is 16.9 Å². The van der Waals surface area contributed by atoms with Gasteiger partial charge < -0.3 is 4.90 Å². The lowest BCUT2D eigenvalue weighted by molar-refractivity contribution is 0.276. The lowest BCUT2D eigenvalue weighted by atomic mass is 10.2. The highest BCUT2D eigenvalue weighted by Crippen LogP contribution is 2.35. The Morgan fingerprint density at radius 3 is 2.71 bits per heavy atom. The van der Waals surface area contributed by atoms with E-state index in [1.54, 1.807) is 15.9 Å². The van der Waals surface area contributed by atoms with Gasteiger partial charge in [-0.25, -0.2) is 4.98 Å². The molecule has 0 unspecified atom stereocenters. The van der Waals surface area contributed by atoms with E-state index < -0.39 is 0 Å². The number of hydrogen-bond acceptors (Lipinski definition) is 5. The summed E-state index contributed by atoms with van der Waals surface area (Å²) in [6.07, 6.45) is 3.31. The zero-order valence-electron chi connectivity index (χ0n) is 14.5. The molecular formula is C18H24N4OS. The third kappa shape index (κ3) is 2.58. The van der Waals surface area contributed by atoms with E-state index in [-0.39, 0.29) is 5.56 Å². The van der Waals surface area contributed by atoms with Crippen LogP contribution in [-0.4, -0.2) is 47.2 Å². The van der Waals surface area contributed by atoms with Crippen molar-refractivity contribution in [3.05, 3.63) is 32.9 Å². The lowest BCUT2D eigenvalue weighted by Crippen LogP contribution is -2.48. The second-order valence-electron chi connectivity index (χ2n) is 7.03. The van der Waals surface area contributed by atoms with Crippen molar-refractivity contribution in [2.45, 2.75) is 26.2 Å². The van der Waals surface area contributed by atoms with Crippen LogP contribution >= 0.6 is 11.3 Å². The van der Waals surface area contributed by atoms with E-state index in [1.807, 2.05) is 7.05 Å². The number of rotatable bonds is 3. The average Bonchev–Trinajstić information content (AvgIpc) is 3.11. The van der Waals surface area contributed by atoms with Gasteiger partial charge in [0.05, 0.1) is 5.39 Å². The summed E-state index contributed by atoms with van der Waals surface area (Å²) in [5, 5.41) is 0.875. The van der Waals surface area contributed by atoms with Gasteiger partial charge in [-0.2, -0.15) is 0 Å². The van der Waals surface area contributed by atoms with Crippen molar-refractivity contribution in [3.8, 4) is 0 Å². The van der Waals surface area contributed by atoms with Crippen molar-refractivity contribution in [2.75, 3.05) is 37.6 Å². The number of aromatic nitrogens is 2. The molecule has 1 aliphatic heterocycles. The van der Waals surface area contributed by atoms with E-state index in [2.05, 4.69) is 23.3 Å². The summed E-state index contributed by atoms with van der Waals surface area (Å²) < 4.78 is 1.75. The molecule has 0 atom stereocenters. The van der Waals surface area contributed by atoms with E-state index in [0.29, 0.717) is 0 Å². The number of fused-ring (bicyclic) bond motifs is 3. The first-order valence-corrected chi connectivity index (χ1v) is 9.49. The number of nitrogens with zero attached hydrogens (tertiary/aromatic N) is 4. The van der Waals surface area contributed by atoms with E-state index >= 15 is 0 Å². The minimum absolute atomic E-state index is 0.124. The average molecular weight is 344 g/mol. The molecule has 6 heteroatoms. The standard InChI is InChI=1S/C18H24N4OS/c1-12(2)11-21-7-9-22(10-8-21)18-19-16-15(17(23)20(18)3)13-5-4-6-14(13)24-16/h1,4-11H2,2-3H3. The van der Waals surface area contributed by atoms with Crippen LogP contribution in [0, 0.1) is 0 Å². The van der Waals surface area contributed by atoms with Gasteiger partial charge in [-0.1, -0.05) is 12.2 Å². The smallest absolute Gasteiger partial charge is 0.263 e. The molecule has 5 nitrogen and oxygen atoms in total. The highest BCUT2D eigenvalue weighted by molar-refractivity contribution is 7.18. The first kappa shape index (κ1) is 15.8. The third-order valence-electron chi connectivity index (χ3n) is 5.07. The molecule has 0 spiro atoms. The summed E-state index contributed by atoms with van der Waals surface area (Å²) >= 11 is 1.72. The van der Waals surface area contributed by atoms with Crippen LogP contribution in [0.3, 0.4) is 0 Å². The molecule has 24 heavy (non-hydrogen) atoms. The molecule has 3 heterocycles. The molecule has 2 aliphatic rings. The van der Waals surface area contributed by atoms with Crippen LogP contribution in [0.5, 0.6) is 0 Å². The zero-order chi connectivity index (χ0) is 16.8. The van der Waals surface area contributed by atoms with Crippen molar-refractivity contribution in [1.82, 2.24) is 14.5 Å². The lowest BCUT2D eigenvalue weighted by Gasteiger charge is -2.35. The molecule has 0 amide bonds. The molecule has 0 aromatic carbocycles. The molecule has 4 rings (SSSR count). The molecular weight excluding hydrogens is 320 g/mol. The minimum Gasteiger partial charge on any atom is -0.340 e. The van der Waals surface area contributed by atoms with E-state index in [4.69, 9.17) is 4.98 Å². The largest absolute Gasteiger partial charge is 0.340 e. The van der Waals surface area contributed by atoms with Gasteiger partial charge in [0, 0.05) is 44.6 Å². The van der Waals surface area contributed by atoms with Gasteiger partial charge in [-0.15, -0.1) is 11.3 Å². The molecule has 2 aromatic rings. The number of anilines is 1. The molecule has 2 aromatic heterocycles. The Hall–Kier alpha value is -1.66. The SMILES string of the molecule is C=C(C)CN1CCN(c2nc3sc4c(c3c(=O)n2C)CCC4)CC1. The summed E-state index contributed by atoms with van der Waals surface area (Å²) in [4.78, 5) is 24.8. The molecule has 0 bridgehead atoms. The highest BCUT2D eigenvalue weighted by Gasteiger charge is 2.25. The second-order valence-corrected chi connectivity index (χ2v) is 8.12. The Labute approximate surface area is 146 Å². The van der Waals surface area contributed by atoms with E-state index in [0.717, 1.165) is 61.7 Å². The predicted octanol–water partition coefficient (Wildman–Crippen LogP) is 2.18. The van der Waals surface area contributed by atoms with Crippen molar-refractivity contribution < 1.29 is 0 Å². The fourth-order valence-electron chi connectivity index (χ4n) is 3.88. The van der Waals surface area contributed by atoms with Crippen molar-refractivity contribution >= 4 is 27.5 Å². The maximum absolute atomic E-state index is 12.9. The zero-order valence-corrected chi connectivity index (χ0v) is 15.3. The number of hydrogen-bond donors (Lipinski definition) is 0. The molecule has 1 aliphatic carbocycles. The van der Waals surface area contributed by atoms with Crippen molar-refractivity contribution in [3.63, 3.8) is 0 Å². The number of aryl methyl sites for hydroxylation is 2. The number of piperazine rings is 1. The van der Waals surface area contributed by atoms with Gasteiger partial charge in [0.15, 0.2) is 0 Å². The Morgan fingerprint density at radius 2 is 2.00 bits per heavy atom. The maximum atomic E-state index is 12.9. The Kier molecular flexibility index (Phi) is 3.96. The Balaban J connectivity index is 1.65. The predicted molar refractivity (Wildman–Crippen MR) is 100 cm³/mol. The maximum Gasteiger partial charge on any atom is 0.263 e. The summed E-state index contributed by atoms with van der Waals surface area (Å²) in [6, 6.07) is 0. The molecule has 1 fully saturated rings. The summed E-state index contributed by atoms with van der Waals surface area (Å²) in [6.45, 7) is 10.8. The van der Waals surface area contributed by atoms with Gasteiger partial charge in [-0.3, -0.25) is 14.3 Å². The van der Waals surface area contributed by atoms with Gasteiger partial charge in [-0.05, 0) is 31.7 Å². The molecule has 1 saturated heterocycles. The summed E-state index contributed by atoms with van der Waals surface area (Å²) in [7, 11) is 1.86. The van der Waals surface area contributed by atoms with Crippen LogP contribution in [-0.2, 0) is 19.9 Å². The van der Waals surface area contributed by atoms with Crippen LogP contribution < -0.4 is 10.5 Å². The molecule has 0 saturated carbocycles. The van der Waals surface area contributed by atoms with Crippen LogP contribution in [0.25, 0.3) is 10.2 Å². The Bertz CT molecular complexity index is 858. The molecule has 0 radical (unpaired) electrons. The van der Waals surface area contributed by atoms with Crippen molar-refractivity contribution in [1.29, 1.82) is 0 Å². The van der Waals surface area contributed by atoms with Gasteiger partial charge in [0.1, 0.15) is 4.83 Å². The normalized spacial score (nSPS) is 18.3. The highest BCUT2D eigenvalue weighted by atomic mass is 32.1. The Morgan fingerprint density at radius 1 is 1.25 bits per heavy atom. The van der Waals surface area contributed by atoms with Crippen molar-refractivity contribution in [2.24, 2.45) is 7.05 Å². The second kappa shape index (κ2) is 6.01. The molecule has 0 N–H and O–H groups in total. The van der Waals surface area contributed by atoms with E-state index in [1.165, 1.54) is 22.4 Å². The van der Waals surface area contributed by atoms with Crippen LogP contribution in [0.1, 0.15) is 23.8 Å². The first-order chi connectivity index (χ1) is 11.5. The minimum atomic E-state index is 0.124. The molecule has 128 valence electrons. The van der Waals surface area contributed by atoms with Crippen LogP contribution in [0.4, 0.5) is 5.95 Å². The monoisotopic (exact) mass is 344 g/mol. The third-order valence-corrected chi connectivity index (χ3v) is 6.26. The van der Waals surface area contributed by atoms with Gasteiger partial charge in [0.2, 0.25) is 5.95 Å². The first-order valence-electron chi connectivity index (χ1n) is 8.67. The fourth-order valence-corrected chi connectivity index (χ4v) is 5.13. The summed E-state index contributed by atoms with van der Waals surface area (Å²) in [5.74, 6) is 0.822. The summed E-state index contributed by atoms with van der Waals surface area (Å²) in [5.41, 5.74) is 2.59. The fraction of sp³-hybridized carbons (Fsp3) is 0.556.